The summed E-state index contributed by atoms with van der Waals surface area (Å²) in [5, 5.41) is 21.7. The zero-order valence-electron chi connectivity index (χ0n) is 11.9. The molecule has 1 unspecified atom stereocenters. The van der Waals surface area contributed by atoms with E-state index in [4.69, 9.17) is 10.3 Å². The van der Waals surface area contributed by atoms with Crippen LogP contribution in [0.2, 0.25) is 0 Å². The van der Waals surface area contributed by atoms with Crippen molar-refractivity contribution in [3.05, 3.63) is 35.4 Å². The largest absolute Gasteiger partial charge is 0.462 e. The highest BCUT2D eigenvalue weighted by Gasteiger charge is 2.42. The molecule has 0 bridgehead atoms. The van der Waals surface area contributed by atoms with Gasteiger partial charge in [0.1, 0.15) is 6.11 Å². The van der Waals surface area contributed by atoms with E-state index >= 15 is 0 Å². The van der Waals surface area contributed by atoms with E-state index in [1.807, 2.05) is 0 Å². The second-order valence-electron chi connectivity index (χ2n) is 4.41. The molecule has 0 spiro atoms. The summed E-state index contributed by atoms with van der Waals surface area (Å²) in [6.45, 7) is 1.15. The molecule has 5 N–H and O–H groups in total. The van der Waals surface area contributed by atoms with Crippen LogP contribution in [0, 0.1) is 12.0 Å². The van der Waals surface area contributed by atoms with Crippen molar-refractivity contribution in [1.82, 2.24) is 16.1 Å². The first kappa shape index (κ1) is 17.0. The normalized spacial score (nSPS) is 12.1. The van der Waals surface area contributed by atoms with Gasteiger partial charge in [0.15, 0.2) is 5.54 Å². The van der Waals surface area contributed by atoms with Gasteiger partial charge in [0.05, 0.1) is 0 Å². The molecule has 0 saturated heterocycles. The van der Waals surface area contributed by atoms with Gasteiger partial charge >= 0.3 is 0 Å². The quantitative estimate of drug-likeness (QED) is 0.213. The fourth-order valence-corrected chi connectivity index (χ4v) is 1.65. The fraction of sp³-hybridized carbons (Fsp3) is 0.214. The molecule has 1 aromatic carbocycles. The average molecular weight is 305 g/mol. The van der Waals surface area contributed by atoms with Crippen molar-refractivity contribution in [3.8, 4) is 12.0 Å². The molecular formula is C14H15N3O5. The maximum atomic E-state index is 12.1. The van der Waals surface area contributed by atoms with Crippen LogP contribution in [-0.2, 0) is 9.59 Å². The number of aliphatic hydroxyl groups excluding tert-OH is 1. The number of hydrogen-bond acceptors (Lipinski definition) is 5. The Balaban J connectivity index is 3.02. The van der Waals surface area contributed by atoms with Crippen molar-refractivity contribution in [1.29, 1.82) is 0 Å². The van der Waals surface area contributed by atoms with Gasteiger partial charge < -0.3 is 15.7 Å². The number of amides is 3. The minimum atomic E-state index is -1.98. The number of likely N-dealkylation sites (N-methyl/N-ethyl adjacent to an activating group) is 1. The lowest BCUT2D eigenvalue weighted by molar-refractivity contribution is -0.143. The predicted octanol–water partition coefficient (Wildman–Crippen LogP) is -0.892. The molecule has 1 aromatic rings. The third-order valence-corrected chi connectivity index (χ3v) is 2.95. The molecule has 0 fully saturated rings. The molecule has 116 valence electrons. The van der Waals surface area contributed by atoms with Crippen LogP contribution in [0.1, 0.15) is 22.8 Å². The lowest BCUT2D eigenvalue weighted by Gasteiger charge is -2.26. The van der Waals surface area contributed by atoms with E-state index in [9.17, 15) is 14.4 Å². The molecule has 0 radical (unpaired) electrons. The fourth-order valence-electron chi connectivity index (χ4n) is 1.65. The third-order valence-electron chi connectivity index (χ3n) is 2.95. The van der Waals surface area contributed by atoms with Crippen LogP contribution in [-0.4, -0.2) is 40.6 Å². The van der Waals surface area contributed by atoms with Gasteiger partial charge in [-0.25, -0.2) is 5.48 Å². The summed E-state index contributed by atoms with van der Waals surface area (Å²) >= 11 is 0. The molecule has 0 aliphatic carbocycles. The summed E-state index contributed by atoms with van der Waals surface area (Å²) in [6.07, 6.45) is 1.73. The number of carbonyl (C=O) groups is 3. The van der Waals surface area contributed by atoms with Gasteiger partial charge in [-0.1, -0.05) is 0 Å². The Morgan fingerprint density at radius 1 is 1.14 bits per heavy atom. The molecule has 0 saturated carbocycles. The number of rotatable bonds is 4. The SMILES string of the molecule is CNC(=O)C(C)(NC(=O)c1ccc(C#CO)cc1)C(=O)NO. The van der Waals surface area contributed by atoms with Crippen LogP contribution in [0.5, 0.6) is 0 Å². The molecule has 1 rings (SSSR count). The Bertz CT molecular complexity index is 627. The Morgan fingerprint density at radius 3 is 2.18 bits per heavy atom. The lowest BCUT2D eigenvalue weighted by Crippen LogP contribution is -2.64. The van der Waals surface area contributed by atoms with Gasteiger partial charge in [-0.3, -0.25) is 19.6 Å². The van der Waals surface area contributed by atoms with Gasteiger partial charge in [0, 0.05) is 18.2 Å². The molecule has 22 heavy (non-hydrogen) atoms. The first-order valence-corrected chi connectivity index (χ1v) is 6.13. The molecule has 0 aliphatic rings. The molecule has 3 amide bonds. The Labute approximate surface area is 126 Å². The van der Waals surface area contributed by atoms with Crippen LogP contribution in [0.3, 0.4) is 0 Å². The highest BCUT2D eigenvalue weighted by molar-refractivity contribution is 6.12. The van der Waals surface area contributed by atoms with Crippen LogP contribution in [0.25, 0.3) is 0 Å². The average Bonchev–Trinajstić information content (AvgIpc) is 2.53. The monoisotopic (exact) mass is 305 g/mol. The van der Waals surface area contributed by atoms with E-state index in [0.717, 1.165) is 6.92 Å². The standard InChI is InChI=1S/C14H15N3O5/c1-14(12(20)15-2,13(21)17-22)16-11(19)10-5-3-9(4-6-10)7-8-18/h3-6,18,22H,1-2H3,(H,15,20)(H,16,19)(H,17,21). The summed E-state index contributed by atoms with van der Waals surface area (Å²) < 4.78 is 0. The van der Waals surface area contributed by atoms with Crippen molar-refractivity contribution < 1.29 is 24.7 Å². The maximum Gasteiger partial charge on any atom is 0.278 e. The number of aliphatic hydroxyl groups is 1. The smallest absolute Gasteiger partial charge is 0.278 e. The van der Waals surface area contributed by atoms with Gasteiger partial charge in [0.25, 0.3) is 17.7 Å². The lowest BCUT2D eigenvalue weighted by atomic mass is 9.99. The number of hydroxylamine groups is 1. The second kappa shape index (κ2) is 7.10. The molecule has 8 heteroatoms. The highest BCUT2D eigenvalue weighted by Crippen LogP contribution is 2.09. The van der Waals surface area contributed by atoms with Crippen molar-refractivity contribution in [2.45, 2.75) is 12.5 Å². The zero-order chi connectivity index (χ0) is 16.8. The predicted molar refractivity (Wildman–Crippen MR) is 75.1 cm³/mol. The Kier molecular flexibility index (Phi) is 5.49. The maximum absolute atomic E-state index is 12.1. The van der Waals surface area contributed by atoms with Crippen LogP contribution < -0.4 is 16.1 Å². The van der Waals surface area contributed by atoms with E-state index in [1.165, 1.54) is 36.8 Å². The molecule has 1 atom stereocenters. The van der Waals surface area contributed by atoms with Crippen molar-refractivity contribution in [2.75, 3.05) is 7.05 Å². The van der Waals surface area contributed by atoms with Crippen LogP contribution in [0.15, 0.2) is 24.3 Å². The van der Waals surface area contributed by atoms with Crippen molar-refractivity contribution >= 4 is 17.7 Å². The number of carbonyl (C=O) groups excluding carboxylic acids is 3. The van der Waals surface area contributed by atoms with Crippen molar-refractivity contribution in [3.63, 3.8) is 0 Å². The minimum Gasteiger partial charge on any atom is -0.462 e. The van der Waals surface area contributed by atoms with Gasteiger partial charge in [0.2, 0.25) is 0 Å². The van der Waals surface area contributed by atoms with E-state index in [1.54, 1.807) is 6.11 Å². The van der Waals surface area contributed by atoms with Crippen molar-refractivity contribution in [2.24, 2.45) is 0 Å². The summed E-state index contributed by atoms with van der Waals surface area (Å²) in [6, 6.07) is 5.80. The second-order valence-corrected chi connectivity index (χ2v) is 4.41. The number of benzene rings is 1. The topological polar surface area (TPSA) is 128 Å². The molecule has 8 nitrogen and oxygen atoms in total. The van der Waals surface area contributed by atoms with E-state index in [0.29, 0.717) is 5.56 Å². The summed E-state index contributed by atoms with van der Waals surface area (Å²) in [5.41, 5.74) is 0.0189. The minimum absolute atomic E-state index is 0.171. The first-order chi connectivity index (χ1) is 10.4. The summed E-state index contributed by atoms with van der Waals surface area (Å²) in [7, 11) is 1.29. The van der Waals surface area contributed by atoms with Gasteiger partial charge in [-0.05, 0) is 37.1 Å². The third kappa shape index (κ3) is 3.53. The zero-order valence-corrected chi connectivity index (χ0v) is 11.9. The Hall–Kier alpha value is -3.05. The summed E-state index contributed by atoms with van der Waals surface area (Å²) in [5.74, 6) is -0.184. The molecular weight excluding hydrogens is 290 g/mol. The van der Waals surface area contributed by atoms with E-state index in [-0.39, 0.29) is 5.56 Å². The molecule has 0 aromatic heterocycles. The number of nitrogens with one attached hydrogen (secondary N) is 3. The van der Waals surface area contributed by atoms with Crippen LogP contribution in [0.4, 0.5) is 0 Å². The Morgan fingerprint density at radius 2 is 1.73 bits per heavy atom. The first-order valence-electron chi connectivity index (χ1n) is 6.13. The molecule has 0 aliphatic heterocycles. The highest BCUT2D eigenvalue weighted by atomic mass is 16.5. The van der Waals surface area contributed by atoms with Gasteiger partial charge in [-0.2, -0.15) is 0 Å². The summed E-state index contributed by atoms with van der Waals surface area (Å²) in [4.78, 5) is 35.6. The number of hydrogen-bond donors (Lipinski definition) is 5. The van der Waals surface area contributed by atoms with E-state index in [2.05, 4.69) is 16.6 Å². The van der Waals surface area contributed by atoms with E-state index < -0.39 is 23.3 Å². The van der Waals surface area contributed by atoms with Gasteiger partial charge in [-0.15, -0.1) is 0 Å². The molecule has 0 heterocycles. The van der Waals surface area contributed by atoms with Crippen LogP contribution >= 0.6 is 0 Å².